The predicted molar refractivity (Wildman–Crippen MR) is 77.7 cm³/mol. The van der Waals surface area contributed by atoms with Gasteiger partial charge in [0, 0.05) is 0 Å². The molecule has 0 aliphatic heterocycles. The molecule has 0 bridgehead atoms. The van der Waals surface area contributed by atoms with Gasteiger partial charge in [-0.1, -0.05) is 0 Å². The van der Waals surface area contributed by atoms with Crippen molar-refractivity contribution in [3.8, 4) is 11.5 Å². The third-order valence-electron chi connectivity index (χ3n) is 2.00. The molecule has 1 aromatic rings. The Balaban J connectivity index is 2.82. The second-order valence-corrected chi connectivity index (χ2v) is 3.89. The molecular formula is C12H17N3O3S. The summed E-state index contributed by atoms with van der Waals surface area (Å²) in [4.78, 5) is 0. The summed E-state index contributed by atoms with van der Waals surface area (Å²) in [6.07, 6.45) is 1.57. The molecule has 0 aliphatic carbocycles. The van der Waals surface area contributed by atoms with Gasteiger partial charge in [-0.2, -0.15) is 5.10 Å². The van der Waals surface area contributed by atoms with Crippen LogP contribution in [0.5, 0.6) is 11.5 Å². The molecule has 0 saturated heterocycles. The number of aliphatic hydroxyl groups is 1. The topological polar surface area (TPSA) is 89.1 Å². The molecule has 7 heteroatoms. The lowest BCUT2D eigenvalue weighted by Gasteiger charge is -2.11. The van der Waals surface area contributed by atoms with Crippen molar-refractivity contribution in [1.82, 2.24) is 5.43 Å². The Morgan fingerprint density at radius 3 is 2.89 bits per heavy atom. The van der Waals surface area contributed by atoms with Gasteiger partial charge in [0.25, 0.3) is 0 Å². The van der Waals surface area contributed by atoms with Crippen LogP contribution in [0.1, 0.15) is 12.5 Å². The minimum absolute atomic E-state index is 0.0490. The maximum Gasteiger partial charge on any atom is 0.184 e. The zero-order valence-corrected chi connectivity index (χ0v) is 11.4. The van der Waals surface area contributed by atoms with E-state index >= 15 is 0 Å². The van der Waals surface area contributed by atoms with Gasteiger partial charge in [-0.25, -0.2) is 0 Å². The van der Waals surface area contributed by atoms with E-state index in [4.69, 9.17) is 20.3 Å². The molecule has 0 amide bonds. The molecule has 0 aliphatic rings. The summed E-state index contributed by atoms with van der Waals surface area (Å²) in [6, 6.07) is 5.34. The standard InChI is InChI=1S/C12H17N3O3S/c1-2-17-11-7-9(8-14-15-12(13)19)3-4-10(11)18-6-5-16/h3-4,7-8,16H,2,5-6H2,1H3,(H3,13,15,19). The first-order valence-corrected chi connectivity index (χ1v) is 6.17. The molecule has 6 nitrogen and oxygen atoms in total. The average Bonchev–Trinajstić information content (AvgIpc) is 2.38. The second kappa shape index (κ2) is 8.28. The van der Waals surface area contributed by atoms with Crippen LogP contribution < -0.4 is 20.6 Å². The van der Waals surface area contributed by atoms with Crippen LogP contribution in [-0.2, 0) is 0 Å². The minimum Gasteiger partial charge on any atom is -0.490 e. The third-order valence-corrected chi connectivity index (χ3v) is 2.10. The number of benzene rings is 1. The highest BCUT2D eigenvalue weighted by atomic mass is 32.1. The average molecular weight is 283 g/mol. The minimum atomic E-state index is -0.0490. The summed E-state index contributed by atoms with van der Waals surface area (Å²) in [5.41, 5.74) is 8.53. The van der Waals surface area contributed by atoms with E-state index < -0.39 is 0 Å². The van der Waals surface area contributed by atoms with Crippen molar-refractivity contribution in [2.45, 2.75) is 6.92 Å². The number of aliphatic hydroxyl groups excluding tert-OH is 1. The Morgan fingerprint density at radius 1 is 1.47 bits per heavy atom. The molecular weight excluding hydrogens is 266 g/mol. The Labute approximate surface area is 117 Å². The molecule has 0 heterocycles. The number of nitrogens with two attached hydrogens (primary N) is 1. The fourth-order valence-electron chi connectivity index (χ4n) is 1.32. The van der Waals surface area contributed by atoms with Gasteiger partial charge in [0.1, 0.15) is 6.61 Å². The van der Waals surface area contributed by atoms with Crippen LogP contribution in [0.2, 0.25) is 0 Å². The van der Waals surface area contributed by atoms with Crippen molar-refractivity contribution < 1.29 is 14.6 Å². The fourth-order valence-corrected chi connectivity index (χ4v) is 1.37. The van der Waals surface area contributed by atoms with Gasteiger partial charge in [0.15, 0.2) is 16.6 Å². The van der Waals surface area contributed by atoms with Crippen LogP contribution in [0.3, 0.4) is 0 Å². The zero-order valence-electron chi connectivity index (χ0n) is 10.6. The summed E-state index contributed by atoms with van der Waals surface area (Å²) in [5.74, 6) is 1.17. The molecule has 1 aromatic carbocycles. The smallest absolute Gasteiger partial charge is 0.184 e. The van der Waals surface area contributed by atoms with E-state index in [1.165, 1.54) is 0 Å². The third kappa shape index (κ3) is 5.54. The highest BCUT2D eigenvalue weighted by Gasteiger charge is 2.05. The van der Waals surface area contributed by atoms with Gasteiger partial charge >= 0.3 is 0 Å². The van der Waals surface area contributed by atoms with E-state index in [1.54, 1.807) is 24.4 Å². The van der Waals surface area contributed by atoms with E-state index in [0.29, 0.717) is 18.1 Å². The Bertz CT molecular complexity index is 452. The molecule has 104 valence electrons. The summed E-state index contributed by atoms with van der Waals surface area (Å²) >= 11 is 4.63. The molecule has 0 spiro atoms. The van der Waals surface area contributed by atoms with Crippen LogP contribution >= 0.6 is 12.2 Å². The fraction of sp³-hybridized carbons (Fsp3) is 0.333. The van der Waals surface area contributed by atoms with E-state index in [0.717, 1.165) is 5.56 Å². The first kappa shape index (κ1) is 15.2. The molecule has 0 saturated carbocycles. The van der Waals surface area contributed by atoms with Crippen LogP contribution in [0, 0.1) is 0 Å². The largest absolute Gasteiger partial charge is 0.490 e. The van der Waals surface area contributed by atoms with Crippen LogP contribution in [0.25, 0.3) is 0 Å². The number of nitrogens with zero attached hydrogens (tertiary/aromatic N) is 1. The van der Waals surface area contributed by atoms with Gasteiger partial charge in [0.05, 0.1) is 19.4 Å². The molecule has 0 radical (unpaired) electrons. The Morgan fingerprint density at radius 2 is 2.26 bits per heavy atom. The molecule has 0 fully saturated rings. The SMILES string of the molecule is CCOc1cc(C=NNC(N)=S)ccc1OCCO. The molecule has 1 rings (SSSR count). The van der Waals surface area contributed by atoms with Gasteiger partial charge in [-0.05, 0) is 42.9 Å². The molecule has 0 atom stereocenters. The molecule has 0 unspecified atom stereocenters. The number of nitrogens with one attached hydrogen (secondary N) is 1. The number of hydrogen-bond donors (Lipinski definition) is 3. The van der Waals surface area contributed by atoms with Gasteiger partial charge in [-0.15, -0.1) is 0 Å². The molecule has 4 N–H and O–H groups in total. The van der Waals surface area contributed by atoms with Crippen LogP contribution in [-0.4, -0.2) is 36.3 Å². The zero-order chi connectivity index (χ0) is 14.1. The Hall–Kier alpha value is -1.86. The summed E-state index contributed by atoms with van der Waals surface area (Å²) in [7, 11) is 0. The number of ether oxygens (including phenoxy) is 2. The highest BCUT2D eigenvalue weighted by molar-refractivity contribution is 7.80. The first-order chi connectivity index (χ1) is 9.17. The van der Waals surface area contributed by atoms with Crippen molar-refractivity contribution in [2.24, 2.45) is 10.8 Å². The lowest BCUT2D eigenvalue weighted by molar-refractivity contribution is 0.194. The summed E-state index contributed by atoms with van der Waals surface area (Å²) in [6.45, 7) is 2.56. The lowest BCUT2D eigenvalue weighted by atomic mass is 10.2. The highest BCUT2D eigenvalue weighted by Crippen LogP contribution is 2.27. The van der Waals surface area contributed by atoms with E-state index in [-0.39, 0.29) is 18.3 Å². The summed E-state index contributed by atoms with van der Waals surface area (Å²) < 4.78 is 10.8. The van der Waals surface area contributed by atoms with Crippen molar-refractivity contribution in [3.05, 3.63) is 23.8 Å². The van der Waals surface area contributed by atoms with E-state index in [1.807, 2.05) is 6.92 Å². The molecule has 0 aromatic heterocycles. The maximum atomic E-state index is 8.75. The lowest BCUT2D eigenvalue weighted by Crippen LogP contribution is -2.23. The quantitative estimate of drug-likeness (QED) is 0.386. The maximum absolute atomic E-state index is 8.75. The van der Waals surface area contributed by atoms with Crippen molar-refractivity contribution in [2.75, 3.05) is 19.8 Å². The predicted octanol–water partition coefficient (Wildman–Crippen LogP) is 0.623. The number of hydrazone groups is 1. The van der Waals surface area contributed by atoms with Crippen molar-refractivity contribution >= 4 is 23.5 Å². The second-order valence-electron chi connectivity index (χ2n) is 3.45. The number of thiocarbonyl (C=S) groups is 1. The summed E-state index contributed by atoms with van der Waals surface area (Å²) in [5, 5.41) is 12.7. The number of hydrogen-bond acceptors (Lipinski definition) is 5. The van der Waals surface area contributed by atoms with Gasteiger partial charge in [0.2, 0.25) is 0 Å². The van der Waals surface area contributed by atoms with Crippen LogP contribution in [0.4, 0.5) is 0 Å². The monoisotopic (exact) mass is 283 g/mol. The normalized spacial score (nSPS) is 10.4. The first-order valence-electron chi connectivity index (χ1n) is 5.76. The van der Waals surface area contributed by atoms with Crippen LogP contribution in [0.15, 0.2) is 23.3 Å². The van der Waals surface area contributed by atoms with E-state index in [9.17, 15) is 0 Å². The Kier molecular flexibility index (Phi) is 6.62. The van der Waals surface area contributed by atoms with Crippen molar-refractivity contribution in [1.29, 1.82) is 0 Å². The van der Waals surface area contributed by atoms with Crippen molar-refractivity contribution in [3.63, 3.8) is 0 Å². The van der Waals surface area contributed by atoms with Gasteiger partial charge < -0.3 is 20.3 Å². The van der Waals surface area contributed by atoms with Gasteiger partial charge in [-0.3, -0.25) is 5.43 Å². The van der Waals surface area contributed by atoms with E-state index in [2.05, 4.69) is 22.7 Å². The molecule has 19 heavy (non-hydrogen) atoms. The number of rotatable bonds is 7.